The number of aromatic amines is 1. The lowest BCUT2D eigenvalue weighted by Crippen LogP contribution is -2.24. The second-order valence-electron chi connectivity index (χ2n) is 3.52. The van der Waals surface area contributed by atoms with Crippen LogP contribution in [0.3, 0.4) is 0 Å². The van der Waals surface area contributed by atoms with Crippen molar-refractivity contribution in [2.24, 2.45) is 10.9 Å². The number of nitrogens with one attached hydrogen (secondary N) is 1. The first-order valence-corrected chi connectivity index (χ1v) is 5.24. The molecule has 2 heterocycles. The van der Waals surface area contributed by atoms with Gasteiger partial charge < -0.3 is 15.0 Å². The number of hydrogen-bond donors (Lipinski definition) is 1. The van der Waals surface area contributed by atoms with Gasteiger partial charge in [0.25, 0.3) is 0 Å². The Morgan fingerprint density at radius 1 is 1.44 bits per heavy atom. The molecule has 2 aromatic heterocycles. The number of nitrogens with two attached hydrogens (primary N) is 1. The third-order valence-corrected chi connectivity index (χ3v) is 2.29. The summed E-state index contributed by atoms with van der Waals surface area (Å²) in [4.78, 5) is 19.2. The van der Waals surface area contributed by atoms with Gasteiger partial charge in [0.05, 0.1) is 6.26 Å². The minimum absolute atomic E-state index is 0.0881. The Bertz CT molecular complexity index is 575. The molecule has 2 rings (SSSR count). The van der Waals surface area contributed by atoms with Crippen molar-refractivity contribution in [3.8, 4) is 0 Å². The molecule has 0 aromatic carbocycles. The van der Waals surface area contributed by atoms with Crippen LogP contribution in [-0.4, -0.2) is 11.8 Å². The van der Waals surface area contributed by atoms with Gasteiger partial charge in [0.15, 0.2) is 6.20 Å². The average molecular weight is 246 g/mol. The van der Waals surface area contributed by atoms with Crippen molar-refractivity contribution in [2.45, 2.75) is 6.92 Å². The van der Waals surface area contributed by atoms with Crippen LogP contribution in [0.1, 0.15) is 21.8 Å². The third-order valence-electron chi connectivity index (χ3n) is 2.29. The molecule has 0 saturated heterocycles. The Morgan fingerprint density at radius 3 is 2.89 bits per heavy atom. The maximum absolute atomic E-state index is 11.6. The predicted octanol–water partition coefficient (Wildman–Crippen LogP) is 0.879. The van der Waals surface area contributed by atoms with E-state index in [9.17, 15) is 4.79 Å². The summed E-state index contributed by atoms with van der Waals surface area (Å²) in [5.74, 6) is -0.0507. The number of H-pyrrole nitrogens is 1. The van der Waals surface area contributed by atoms with Gasteiger partial charge in [-0.15, -0.1) is 0 Å². The van der Waals surface area contributed by atoms with Crippen LogP contribution in [0.4, 0.5) is 0 Å². The van der Waals surface area contributed by atoms with Crippen LogP contribution in [0.2, 0.25) is 0 Å². The molecule has 18 heavy (non-hydrogen) atoms. The number of hydrogen-bond acceptors (Lipinski definition) is 4. The van der Waals surface area contributed by atoms with E-state index >= 15 is 0 Å². The molecule has 0 bridgehead atoms. The summed E-state index contributed by atoms with van der Waals surface area (Å²) in [5, 5.41) is 3.56. The summed E-state index contributed by atoms with van der Waals surface area (Å²) in [6.07, 6.45) is 3.10. The number of nitrogens with zero attached hydrogens (tertiary/aromatic N) is 1. The topological polar surface area (TPSA) is 92.0 Å². The van der Waals surface area contributed by atoms with Crippen LogP contribution in [0.15, 0.2) is 46.3 Å². The van der Waals surface area contributed by atoms with Gasteiger partial charge in [-0.1, -0.05) is 5.16 Å². The van der Waals surface area contributed by atoms with Gasteiger partial charge in [-0.3, -0.25) is 0 Å². The Hall–Kier alpha value is -2.63. The molecule has 0 aliphatic heterocycles. The molecule has 0 radical (unpaired) electrons. The molecule has 0 saturated carbocycles. The number of amidine groups is 1. The first-order valence-electron chi connectivity index (χ1n) is 5.24. The number of carbonyl (C=O) groups is 1. The molecule has 6 heteroatoms. The molecule has 0 amide bonds. The number of rotatable bonds is 3. The van der Waals surface area contributed by atoms with Gasteiger partial charge in [0.2, 0.25) is 11.5 Å². The van der Waals surface area contributed by atoms with E-state index in [1.165, 1.54) is 12.3 Å². The normalized spacial score (nSPS) is 11.3. The second-order valence-corrected chi connectivity index (χ2v) is 3.52. The molecular weight excluding hydrogens is 234 g/mol. The van der Waals surface area contributed by atoms with Crippen molar-refractivity contribution >= 4 is 11.8 Å². The standard InChI is InChI=1S/C12H11N3O3/c1-8-9(5-7-17-8)12(16)18-15-11(13)10-4-2-3-6-14-10/h2-7H,1H3,(H2,13,15)/p+1. The summed E-state index contributed by atoms with van der Waals surface area (Å²) in [6, 6.07) is 6.82. The fourth-order valence-electron chi connectivity index (χ4n) is 1.34. The maximum atomic E-state index is 11.6. The van der Waals surface area contributed by atoms with Crippen molar-refractivity contribution in [1.82, 2.24) is 0 Å². The molecule has 6 nitrogen and oxygen atoms in total. The Balaban J connectivity index is 2.08. The van der Waals surface area contributed by atoms with E-state index in [1.54, 1.807) is 31.3 Å². The molecule has 92 valence electrons. The van der Waals surface area contributed by atoms with Crippen molar-refractivity contribution < 1.29 is 19.0 Å². The number of aromatic nitrogens is 1. The van der Waals surface area contributed by atoms with Crippen LogP contribution in [0, 0.1) is 6.92 Å². The Morgan fingerprint density at radius 2 is 2.28 bits per heavy atom. The lowest BCUT2D eigenvalue weighted by atomic mass is 10.3. The smallest absolute Gasteiger partial charge is 0.369 e. The number of pyridine rings is 1. The molecule has 0 spiro atoms. The minimum atomic E-state index is -0.611. The van der Waals surface area contributed by atoms with E-state index in [4.69, 9.17) is 15.0 Å². The Kier molecular flexibility index (Phi) is 3.38. The molecule has 2 aromatic rings. The largest absolute Gasteiger partial charge is 0.469 e. The fraction of sp³-hybridized carbons (Fsp3) is 0.0833. The van der Waals surface area contributed by atoms with Gasteiger partial charge in [-0.25, -0.2) is 9.78 Å². The highest BCUT2D eigenvalue weighted by atomic mass is 16.7. The first-order chi connectivity index (χ1) is 8.68. The zero-order valence-corrected chi connectivity index (χ0v) is 9.71. The number of aryl methyl sites for hydroxylation is 1. The first kappa shape index (κ1) is 11.8. The van der Waals surface area contributed by atoms with E-state index in [0.29, 0.717) is 17.0 Å². The lowest BCUT2D eigenvalue weighted by Gasteiger charge is -1.96. The molecule has 3 N–H and O–H groups in total. The fourth-order valence-corrected chi connectivity index (χ4v) is 1.34. The highest BCUT2D eigenvalue weighted by molar-refractivity contribution is 5.95. The van der Waals surface area contributed by atoms with Crippen molar-refractivity contribution in [1.29, 1.82) is 0 Å². The monoisotopic (exact) mass is 246 g/mol. The molecule has 0 fully saturated rings. The average Bonchev–Trinajstić information content (AvgIpc) is 2.83. The highest BCUT2D eigenvalue weighted by Gasteiger charge is 2.14. The molecule has 0 aliphatic rings. The number of oxime groups is 1. The summed E-state index contributed by atoms with van der Waals surface area (Å²) in [5.41, 5.74) is 6.54. The van der Waals surface area contributed by atoms with Crippen molar-refractivity contribution in [3.63, 3.8) is 0 Å². The SMILES string of the molecule is Cc1occc1C(=O)ON=C(N)c1cccc[nH+]1. The summed E-state index contributed by atoms with van der Waals surface area (Å²) >= 11 is 0. The van der Waals surface area contributed by atoms with E-state index in [-0.39, 0.29) is 5.84 Å². The third kappa shape index (κ3) is 2.54. The number of furan rings is 1. The van der Waals surface area contributed by atoms with E-state index in [2.05, 4.69) is 10.1 Å². The van der Waals surface area contributed by atoms with Gasteiger partial charge in [0.1, 0.15) is 11.3 Å². The van der Waals surface area contributed by atoms with E-state index in [1.807, 2.05) is 0 Å². The lowest BCUT2D eigenvalue weighted by molar-refractivity contribution is -0.380. The summed E-state index contributed by atoms with van der Waals surface area (Å²) in [6.45, 7) is 1.66. The molecule has 0 atom stereocenters. The van der Waals surface area contributed by atoms with Gasteiger partial charge >= 0.3 is 5.97 Å². The van der Waals surface area contributed by atoms with Crippen LogP contribution >= 0.6 is 0 Å². The summed E-state index contributed by atoms with van der Waals surface area (Å²) in [7, 11) is 0. The second kappa shape index (κ2) is 5.13. The van der Waals surface area contributed by atoms with Gasteiger partial charge in [-0.2, -0.15) is 0 Å². The van der Waals surface area contributed by atoms with Gasteiger partial charge in [0, 0.05) is 12.1 Å². The van der Waals surface area contributed by atoms with Crippen LogP contribution < -0.4 is 10.7 Å². The van der Waals surface area contributed by atoms with Crippen LogP contribution in [-0.2, 0) is 4.84 Å². The quantitative estimate of drug-likeness (QED) is 0.376. The van der Waals surface area contributed by atoms with Crippen molar-refractivity contribution in [3.05, 3.63) is 53.7 Å². The number of carbonyl (C=O) groups excluding carboxylic acids is 1. The zero-order valence-electron chi connectivity index (χ0n) is 9.71. The van der Waals surface area contributed by atoms with Crippen molar-refractivity contribution in [2.75, 3.05) is 0 Å². The molecule has 0 aliphatic carbocycles. The predicted molar refractivity (Wildman–Crippen MR) is 62.6 cm³/mol. The summed E-state index contributed by atoms with van der Waals surface area (Å²) < 4.78 is 4.99. The maximum Gasteiger partial charge on any atom is 0.369 e. The van der Waals surface area contributed by atoms with Gasteiger partial charge in [-0.05, 0) is 19.1 Å². The van der Waals surface area contributed by atoms with Crippen LogP contribution in [0.5, 0.6) is 0 Å². The van der Waals surface area contributed by atoms with E-state index < -0.39 is 5.97 Å². The minimum Gasteiger partial charge on any atom is -0.469 e. The van der Waals surface area contributed by atoms with Crippen LogP contribution in [0.25, 0.3) is 0 Å². The molecule has 0 unspecified atom stereocenters. The zero-order chi connectivity index (χ0) is 13.0. The van der Waals surface area contributed by atoms with E-state index in [0.717, 1.165) is 0 Å². The highest BCUT2D eigenvalue weighted by Crippen LogP contribution is 2.10. The molecular formula is C12H12N3O3+. The Labute approximate surface area is 103 Å².